The Labute approximate surface area is 170 Å². The number of thiophene rings is 1. The van der Waals surface area contributed by atoms with E-state index in [1.807, 2.05) is 18.4 Å². The Balaban J connectivity index is 1.34. The van der Waals surface area contributed by atoms with Crippen molar-refractivity contribution in [3.8, 4) is 0 Å². The highest BCUT2D eigenvalue weighted by atomic mass is 32.1. The molecule has 0 radical (unpaired) electrons. The van der Waals surface area contributed by atoms with Crippen LogP contribution in [0.3, 0.4) is 0 Å². The molecule has 2 aromatic rings. The number of guanidine groups is 1. The first-order valence-corrected chi connectivity index (χ1v) is 11.5. The molecule has 0 aromatic carbocycles. The number of hydrogen-bond donors (Lipinski definition) is 2. The lowest BCUT2D eigenvalue weighted by Gasteiger charge is -2.31. The predicted molar refractivity (Wildman–Crippen MR) is 117 cm³/mol. The summed E-state index contributed by atoms with van der Waals surface area (Å²) < 4.78 is 0. The Morgan fingerprint density at radius 3 is 2.78 bits per heavy atom. The molecule has 1 aliphatic rings. The smallest absolute Gasteiger partial charge is 0.191 e. The second-order valence-corrected chi connectivity index (χ2v) is 9.37. The number of nitrogens with zero attached hydrogens (tertiary/aromatic N) is 3. The molecule has 2 N–H and O–H groups in total. The summed E-state index contributed by atoms with van der Waals surface area (Å²) in [6.07, 6.45) is 2.47. The van der Waals surface area contributed by atoms with Crippen LogP contribution in [-0.2, 0) is 6.54 Å². The lowest BCUT2D eigenvalue weighted by atomic mass is 9.97. The molecule has 27 heavy (non-hydrogen) atoms. The highest BCUT2D eigenvalue weighted by Crippen LogP contribution is 2.20. The summed E-state index contributed by atoms with van der Waals surface area (Å²) in [7, 11) is 1.85. The van der Waals surface area contributed by atoms with Crippen molar-refractivity contribution in [1.82, 2.24) is 20.5 Å². The molecule has 0 aliphatic carbocycles. The van der Waals surface area contributed by atoms with Gasteiger partial charge in [0.15, 0.2) is 5.96 Å². The van der Waals surface area contributed by atoms with Crippen molar-refractivity contribution in [3.05, 3.63) is 38.5 Å². The van der Waals surface area contributed by atoms with E-state index in [2.05, 4.69) is 62.3 Å². The summed E-state index contributed by atoms with van der Waals surface area (Å²) in [5, 5.41) is 12.5. The van der Waals surface area contributed by atoms with Gasteiger partial charge in [0.1, 0.15) is 0 Å². The zero-order valence-electron chi connectivity index (χ0n) is 16.6. The molecule has 1 unspecified atom stereocenters. The van der Waals surface area contributed by atoms with E-state index < -0.39 is 0 Å². The maximum Gasteiger partial charge on any atom is 0.191 e. The van der Waals surface area contributed by atoms with E-state index in [1.54, 1.807) is 11.3 Å². The molecule has 2 aromatic heterocycles. The Morgan fingerprint density at radius 2 is 2.15 bits per heavy atom. The lowest BCUT2D eigenvalue weighted by molar-refractivity contribution is 0.176. The molecule has 5 nitrogen and oxygen atoms in total. The van der Waals surface area contributed by atoms with Crippen LogP contribution in [0.1, 0.15) is 41.3 Å². The third-order valence-electron chi connectivity index (χ3n) is 5.15. The summed E-state index contributed by atoms with van der Waals surface area (Å²) >= 11 is 3.57. The first kappa shape index (κ1) is 20.3. The van der Waals surface area contributed by atoms with Crippen LogP contribution >= 0.6 is 22.7 Å². The minimum absolute atomic E-state index is 0.501. The topological polar surface area (TPSA) is 52.6 Å². The van der Waals surface area contributed by atoms with Gasteiger partial charge in [0.2, 0.25) is 0 Å². The minimum Gasteiger partial charge on any atom is -0.356 e. The summed E-state index contributed by atoms with van der Waals surface area (Å²) in [6.45, 7) is 9.55. The average molecular weight is 406 g/mol. The lowest BCUT2D eigenvalue weighted by Crippen LogP contribution is -2.43. The molecule has 0 bridgehead atoms. The molecule has 1 aliphatic heterocycles. The Kier molecular flexibility index (Phi) is 7.67. The van der Waals surface area contributed by atoms with Crippen molar-refractivity contribution in [2.75, 3.05) is 33.2 Å². The second kappa shape index (κ2) is 10.2. The number of hydrogen-bond acceptors (Lipinski definition) is 5. The van der Waals surface area contributed by atoms with Gasteiger partial charge in [-0.15, -0.1) is 22.7 Å². The van der Waals surface area contributed by atoms with Gasteiger partial charge in [0.05, 0.1) is 10.7 Å². The van der Waals surface area contributed by atoms with E-state index in [1.165, 1.54) is 23.4 Å². The average Bonchev–Trinajstić information content (AvgIpc) is 3.35. The zero-order chi connectivity index (χ0) is 19.1. The van der Waals surface area contributed by atoms with Crippen LogP contribution in [0.25, 0.3) is 0 Å². The number of thiazole rings is 1. The van der Waals surface area contributed by atoms with Crippen LogP contribution in [0.4, 0.5) is 0 Å². The number of rotatable bonds is 7. The molecule has 0 saturated carbocycles. The molecule has 0 amide bonds. The number of piperidine rings is 1. The van der Waals surface area contributed by atoms with Crippen LogP contribution in [-0.4, -0.2) is 49.1 Å². The summed E-state index contributed by atoms with van der Waals surface area (Å²) in [4.78, 5) is 12.9. The van der Waals surface area contributed by atoms with Crippen molar-refractivity contribution < 1.29 is 0 Å². The summed E-state index contributed by atoms with van der Waals surface area (Å²) in [6, 6.07) is 4.32. The molecule has 1 fully saturated rings. The molecule has 1 atom stereocenters. The molecular weight excluding hydrogens is 374 g/mol. The number of aryl methyl sites for hydroxylation is 1. The van der Waals surface area contributed by atoms with Crippen LogP contribution in [0.2, 0.25) is 0 Å². The van der Waals surface area contributed by atoms with Gasteiger partial charge < -0.3 is 10.6 Å². The molecule has 148 valence electrons. The molecule has 3 heterocycles. The van der Waals surface area contributed by atoms with E-state index in [0.717, 1.165) is 43.7 Å². The quantitative estimate of drug-likeness (QED) is 0.545. The van der Waals surface area contributed by atoms with Gasteiger partial charge in [-0.25, -0.2) is 4.98 Å². The highest BCUT2D eigenvalue weighted by Gasteiger charge is 2.20. The second-order valence-electron chi connectivity index (χ2n) is 7.33. The third kappa shape index (κ3) is 6.30. The third-order valence-corrected chi connectivity index (χ3v) is 7.07. The standard InChI is InChI=1S/C20H31N5S2/c1-15(19-5-4-10-26-19)11-22-20(21-3)23-12-17-6-8-25(9-7-17)13-18-14-27-16(2)24-18/h4-5,10,14-15,17H,6-9,11-13H2,1-3H3,(H2,21,22,23). The van der Waals surface area contributed by atoms with E-state index >= 15 is 0 Å². The first-order chi connectivity index (χ1) is 13.1. The maximum atomic E-state index is 4.59. The van der Waals surface area contributed by atoms with E-state index in [0.29, 0.717) is 11.8 Å². The molecule has 3 rings (SSSR count). The van der Waals surface area contributed by atoms with Crippen LogP contribution in [0, 0.1) is 12.8 Å². The highest BCUT2D eigenvalue weighted by molar-refractivity contribution is 7.10. The summed E-state index contributed by atoms with van der Waals surface area (Å²) in [5.74, 6) is 2.13. The zero-order valence-corrected chi connectivity index (χ0v) is 18.2. The first-order valence-electron chi connectivity index (χ1n) is 9.75. The van der Waals surface area contributed by atoms with Crippen LogP contribution < -0.4 is 10.6 Å². The van der Waals surface area contributed by atoms with E-state index in [9.17, 15) is 0 Å². The van der Waals surface area contributed by atoms with Crippen LogP contribution in [0.15, 0.2) is 27.9 Å². The minimum atomic E-state index is 0.501. The monoisotopic (exact) mass is 405 g/mol. The normalized spacial score (nSPS) is 17.8. The number of nitrogens with one attached hydrogen (secondary N) is 2. The Hall–Kier alpha value is -1.44. The van der Waals surface area contributed by atoms with Crippen molar-refractivity contribution in [3.63, 3.8) is 0 Å². The summed E-state index contributed by atoms with van der Waals surface area (Å²) in [5.41, 5.74) is 1.22. The van der Waals surface area contributed by atoms with Crippen molar-refractivity contribution >= 4 is 28.6 Å². The number of aromatic nitrogens is 1. The van der Waals surface area contributed by atoms with Crippen LogP contribution in [0.5, 0.6) is 0 Å². The Bertz CT molecular complexity index is 702. The van der Waals surface area contributed by atoms with E-state index in [-0.39, 0.29) is 0 Å². The maximum absolute atomic E-state index is 4.59. The molecule has 7 heteroatoms. The van der Waals surface area contributed by atoms with Gasteiger partial charge in [0, 0.05) is 42.9 Å². The fraction of sp³-hybridized carbons (Fsp3) is 0.600. The van der Waals surface area contributed by atoms with Gasteiger partial charge in [-0.2, -0.15) is 0 Å². The molecule has 0 spiro atoms. The van der Waals surface area contributed by atoms with E-state index in [4.69, 9.17) is 0 Å². The molecular formula is C20H31N5S2. The van der Waals surface area contributed by atoms with Gasteiger partial charge in [-0.3, -0.25) is 9.89 Å². The largest absolute Gasteiger partial charge is 0.356 e. The van der Waals surface area contributed by atoms with Gasteiger partial charge in [-0.05, 0) is 50.2 Å². The van der Waals surface area contributed by atoms with Gasteiger partial charge in [-0.1, -0.05) is 13.0 Å². The predicted octanol–water partition coefficient (Wildman–Crippen LogP) is 3.69. The van der Waals surface area contributed by atoms with Crippen molar-refractivity contribution in [2.45, 2.75) is 39.2 Å². The fourth-order valence-corrected chi connectivity index (χ4v) is 4.83. The SMILES string of the molecule is CN=C(NCC1CCN(Cc2csc(C)n2)CC1)NCC(C)c1cccs1. The van der Waals surface area contributed by atoms with Gasteiger partial charge in [0.25, 0.3) is 0 Å². The fourth-order valence-electron chi connectivity index (χ4n) is 3.44. The van der Waals surface area contributed by atoms with Crippen molar-refractivity contribution in [2.24, 2.45) is 10.9 Å². The number of aliphatic imine (C=N–C) groups is 1. The number of likely N-dealkylation sites (tertiary alicyclic amines) is 1. The Morgan fingerprint density at radius 1 is 1.33 bits per heavy atom. The van der Waals surface area contributed by atoms with Crippen molar-refractivity contribution in [1.29, 1.82) is 0 Å². The van der Waals surface area contributed by atoms with Gasteiger partial charge >= 0.3 is 0 Å². The molecule has 1 saturated heterocycles.